The molecule has 4 heterocycles. The number of hydrogen-bond donors (Lipinski definition) is 0. The molecule has 0 N–H and O–H groups in total. The van der Waals surface area contributed by atoms with Crippen molar-refractivity contribution in [3.05, 3.63) is 60.7 Å². The molecule has 0 unspecified atom stereocenters. The molecule has 0 atom stereocenters. The predicted octanol–water partition coefficient (Wildman–Crippen LogP) is 2.54. The van der Waals surface area contributed by atoms with Crippen LogP contribution in [-0.2, 0) is 13.1 Å². The fourth-order valence-electron chi connectivity index (χ4n) is 4.76. The predicted molar refractivity (Wildman–Crippen MR) is 114 cm³/mol. The summed E-state index contributed by atoms with van der Waals surface area (Å²) in [6, 6.07) is 10.2. The van der Waals surface area contributed by atoms with Crippen LogP contribution >= 0.6 is 0 Å². The highest BCUT2D eigenvalue weighted by molar-refractivity contribution is 5.22. The van der Waals surface area contributed by atoms with Gasteiger partial charge in [0.1, 0.15) is 25.3 Å². The molecule has 158 valence electrons. The van der Waals surface area contributed by atoms with Gasteiger partial charge in [-0.05, 0) is 36.8 Å². The maximum absolute atomic E-state index is 4.30. The van der Waals surface area contributed by atoms with Gasteiger partial charge in [0.15, 0.2) is 0 Å². The molecular weight excluding hydrogens is 376 g/mol. The zero-order valence-electron chi connectivity index (χ0n) is 17.4. The first-order valence-corrected chi connectivity index (χ1v) is 11.0. The van der Waals surface area contributed by atoms with Crippen LogP contribution in [0.2, 0.25) is 0 Å². The number of likely N-dealkylation sites (tertiary alicyclic amines) is 2. The second-order valence-corrected chi connectivity index (χ2v) is 8.58. The van der Waals surface area contributed by atoms with Crippen molar-refractivity contribution in [3.8, 4) is 0 Å². The Kier molecular flexibility index (Phi) is 5.85. The molecule has 2 aliphatic rings. The fraction of sp³-hybridized carbons (Fsp3) is 0.545. The molecule has 2 fully saturated rings. The summed E-state index contributed by atoms with van der Waals surface area (Å²) in [4.78, 5) is 13.3. The van der Waals surface area contributed by atoms with Crippen LogP contribution < -0.4 is 0 Å². The molecular formula is C22H30N8. The van der Waals surface area contributed by atoms with Crippen molar-refractivity contribution < 1.29 is 0 Å². The topological polar surface area (TPSA) is 67.9 Å². The van der Waals surface area contributed by atoms with Crippen molar-refractivity contribution in [2.45, 2.75) is 50.9 Å². The third-order valence-corrected chi connectivity index (χ3v) is 6.57. The summed E-state index contributed by atoms with van der Waals surface area (Å²) in [6.45, 7) is 6.54. The van der Waals surface area contributed by atoms with Crippen LogP contribution in [0.4, 0.5) is 0 Å². The first-order valence-electron chi connectivity index (χ1n) is 11.0. The van der Waals surface area contributed by atoms with Crippen molar-refractivity contribution in [2.24, 2.45) is 0 Å². The van der Waals surface area contributed by atoms with Crippen molar-refractivity contribution in [2.75, 3.05) is 26.2 Å². The zero-order valence-corrected chi connectivity index (χ0v) is 17.4. The molecule has 30 heavy (non-hydrogen) atoms. The van der Waals surface area contributed by atoms with Crippen molar-refractivity contribution in [1.29, 1.82) is 0 Å². The van der Waals surface area contributed by atoms with E-state index in [0.29, 0.717) is 12.1 Å². The summed E-state index contributed by atoms with van der Waals surface area (Å²) in [7, 11) is 0. The number of benzene rings is 1. The van der Waals surface area contributed by atoms with Crippen LogP contribution in [0.1, 0.15) is 48.9 Å². The number of nitrogens with zero attached hydrogens (tertiary/aromatic N) is 8. The lowest BCUT2D eigenvalue weighted by atomic mass is 10.0. The molecule has 0 amide bonds. The molecule has 3 aromatic rings. The lowest BCUT2D eigenvalue weighted by Gasteiger charge is -2.32. The first-order chi connectivity index (χ1) is 14.8. The van der Waals surface area contributed by atoms with E-state index in [1.54, 1.807) is 12.7 Å². The van der Waals surface area contributed by atoms with Gasteiger partial charge in [0, 0.05) is 39.3 Å². The van der Waals surface area contributed by atoms with Gasteiger partial charge in [-0.3, -0.25) is 9.80 Å². The van der Waals surface area contributed by atoms with Gasteiger partial charge in [0.05, 0.1) is 12.1 Å². The Morgan fingerprint density at radius 1 is 0.633 bits per heavy atom. The molecule has 0 saturated carbocycles. The van der Waals surface area contributed by atoms with Gasteiger partial charge >= 0.3 is 0 Å². The molecule has 0 spiro atoms. The first kappa shape index (κ1) is 19.4. The minimum Gasteiger partial charge on any atom is -0.299 e. The summed E-state index contributed by atoms with van der Waals surface area (Å²) in [5, 5.41) is 8.60. The van der Waals surface area contributed by atoms with E-state index in [0.717, 1.165) is 65.0 Å². The molecule has 2 aliphatic heterocycles. The second kappa shape index (κ2) is 9.06. The Bertz CT molecular complexity index is 799. The molecule has 0 aliphatic carbocycles. The standard InChI is InChI=1S/C22H30N8/c1-2-20(14-28-11-7-22(8-12-28)30-18-24-16-26-30)4-3-19(1)13-27-9-5-21(6-10-27)29-17-23-15-25-29/h1-4,15-18,21-22H,5-14H2. The Morgan fingerprint density at radius 3 is 1.37 bits per heavy atom. The Balaban J connectivity index is 1.07. The number of piperidine rings is 2. The molecule has 1 aromatic carbocycles. The van der Waals surface area contributed by atoms with Crippen LogP contribution in [-0.4, -0.2) is 65.5 Å². The minimum atomic E-state index is 0.500. The average Bonchev–Trinajstić information content (AvgIpc) is 3.51. The van der Waals surface area contributed by atoms with Gasteiger partial charge in [-0.1, -0.05) is 24.3 Å². The Hall–Kier alpha value is -2.58. The molecule has 8 heteroatoms. The maximum atomic E-state index is 4.30. The van der Waals surface area contributed by atoms with Crippen molar-refractivity contribution >= 4 is 0 Å². The van der Waals surface area contributed by atoms with Gasteiger partial charge in [0.2, 0.25) is 0 Å². The monoisotopic (exact) mass is 406 g/mol. The van der Waals surface area contributed by atoms with Crippen LogP contribution in [0.3, 0.4) is 0 Å². The molecule has 0 radical (unpaired) electrons. The van der Waals surface area contributed by atoms with E-state index in [4.69, 9.17) is 0 Å². The highest BCUT2D eigenvalue weighted by atomic mass is 15.3. The molecule has 5 rings (SSSR count). The van der Waals surface area contributed by atoms with E-state index in [1.807, 2.05) is 22.0 Å². The van der Waals surface area contributed by atoms with Crippen LogP contribution in [0.5, 0.6) is 0 Å². The third-order valence-electron chi connectivity index (χ3n) is 6.57. The summed E-state index contributed by atoms with van der Waals surface area (Å²) < 4.78 is 4.03. The third kappa shape index (κ3) is 4.60. The van der Waals surface area contributed by atoms with E-state index < -0.39 is 0 Å². The highest BCUT2D eigenvalue weighted by Gasteiger charge is 2.22. The second-order valence-electron chi connectivity index (χ2n) is 8.58. The summed E-state index contributed by atoms with van der Waals surface area (Å²) >= 11 is 0. The fourth-order valence-corrected chi connectivity index (χ4v) is 4.76. The molecule has 2 aromatic heterocycles. The van der Waals surface area contributed by atoms with Crippen LogP contribution in [0, 0.1) is 0 Å². The summed E-state index contributed by atoms with van der Waals surface area (Å²) in [5.74, 6) is 0. The summed E-state index contributed by atoms with van der Waals surface area (Å²) in [6.07, 6.45) is 11.5. The van der Waals surface area contributed by atoms with Gasteiger partial charge < -0.3 is 0 Å². The largest absolute Gasteiger partial charge is 0.299 e. The quantitative estimate of drug-likeness (QED) is 0.627. The van der Waals surface area contributed by atoms with Crippen LogP contribution in [0.25, 0.3) is 0 Å². The van der Waals surface area contributed by atoms with E-state index in [-0.39, 0.29) is 0 Å². The van der Waals surface area contributed by atoms with E-state index in [1.165, 1.54) is 11.1 Å². The van der Waals surface area contributed by atoms with E-state index in [9.17, 15) is 0 Å². The van der Waals surface area contributed by atoms with E-state index in [2.05, 4.69) is 54.2 Å². The van der Waals surface area contributed by atoms with E-state index >= 15 is 0 Å². The maximum Gasteiger partial charge on any atom is 0.137 e. The zero-order chi connectivity index (χ0) is 20.2. The molecule has 0 bridgehead atoms. The normalized spacial score (nSPS) is 20.0. The van der Waals surface area contributed by atoms with Gasteiger partial charge in [-0.2, -0.15) is 10.2 Å². The number of aromatic nitrogens is 6. The van der Waals surface area contributed by atoms with Gasteiger partial charge in [-0.25, -0.2) is 19.3 Å². The minimum absolute atomic E-state index is 0.500. The Labute approximate surface area is 177 Å². The summed E-state index contributed by atoms with van der Waals surface area (Å²) in [5.41, 5.74) is 2.81. The highest BCUT2D eigenvalue weighted by Crippen LogP contribution is 2.24. The van der Waals surface area contributed by atoms with Gasteiger partial charge in [0.25, 0.3) is 0 Å². The lowest BCUT2D eigenvalue weighted by molar-refractivity contribution is 0.172. The number of hydrogen-bond acceptors (Lipinski definition) is 6. The molecule has 8 nitrogen and oxygen atoms in total. The number of rotatable bonds is 6. The molecule has 2 saturated heterocycles. The lowest BCUT2D eigenvalue weighted by Crippen LogP contribution is -2.34. The Morgan fingerprint density at radius 2 is 1.03 bits per heavy atom. The van der Waals surface area contributed by atoms with Gasteiger partial charge in [-0.15, -0.1) is 0 Å². The SMILES string of the molecule is c1ncn(C2CCN(Cc3ccc(CN4CCC(n5cncn5)CC4)cc3)CC2)n1. The van der Waals surface area contributed by atoms with Crippen molar-refractivity contribution in [3.63, 3.8) is 0 Å². The van der Waals surface area contributed by atoms with Crippen molar-refractivity contribution in [1.82, 2.24) is 39.3 Å². The van der Waals surface area contributed by atoms with Crippen LogP contribution in [0.15, 0.2) is 49.6 Å². The smallest absolute Gasteiger partial charge is 0.137 e. The average molecular weight is 407 g/mol.